The molecule has 0 aromatic heterocycles. The molecule has 2 heterocycles. The molecule has 4 rings (SSSR count). The minimum atomic E-state index is -0.537. The molecule has 3 aliphatic rings. The molecular weight excluding hydrogens is 444 g/mol. The van der Waals surface area contributed by atoms with Crippen molar-refractivity contribution in [3.05, 3.63) is 35.9 Å². The van der Waals surface area contributed by atoms with Crippen LogP contribution in [0.1, 0.15) is 56.9 Å². The zero-order valence-electron chi connectivity index (χ0n) is 20.6. The summed E-state index contributed by atoms with van der Waals surface area (Å²) < 4.78 is 0. The number of benzene rings is 1. The molecule has 1 N–H and O–H groups in total. The molecule has 1 aliphatic carbocycles. The topological polar surface area (TPSA) is 90.0 Å². The third kappa shape index (κ3) is 6.61. The quantitative estimate of drug-likeness (QED) is 0.408. The van der Waals surface area contributed by atoms with Gasteiger partial charge in [0.1, 0.15) is 0 Å². The van der Waals surface area contributed by atoms with Crippen LogP contribution in [-0.4, -0.2) is 83.6 Å². The van der Waals surface area contributed by atoms with Crippen LogP contribution in [0.5, 0.6) is 0 Å². The molecule has 190 valence electrons. The summed E-state index contributed by atoms with van der Waals surface area (Å²) in [5.41, 5.74) is 1.14. The molecule has 2 aliphatic heterocycles. The number of hydrogen-bond acceptors (Lipinski definition) is 4. The first-order chi connectivity index (χ1) is 17.0. The molecule has 0 unspecified atom stereocenters. The highest BCUT2D eigenvalue weighted by molar-refractivity contribution is 6.36. The van der Waals surface area contributed by atoms with E-state index in [-0.39, 0.29) is 17.9 Å². The van der Waals surface area contributed by atoms with E-state index in [4.69, 9.17) is 0 Å². The molecule has 8 nitrogen and oxygen atoms in total. The maximum absolute atomic E-state index is 12.7. The lowest BCUT2D eigenvalue weighted by Gasteiger charge is -2.37. The molecule has 0 bridgehead atoms. The smallest absolute Gasteiger partial charge is 0.312 e. The first kappa shape index (κ1) is 25.2. The van der Waals surface area contributed by atoms with Crippen molar-refractivity contribution in [2.45, 2.75) is 63.8 Å². The van der Waals surface area contributed by atoms with Crippen molar-refractivity contribution in [2.75, 3.05) is 39.3 Å². The summed E-state index contributed by atoms with van der Waals surface area (Å²) in [4.78, 5) is 54.9. The Morgan fingerprint density at radius 2 is 1.51 bits per heavy atom. The van der Waals surface area contributed by atoms with Gasteiger partial charge in [0.15, 0.2) is 0 Å². The Kier molecular flexibility index (Phi) is 8.77. The normalized spacial score (nSPS) is 22.1. The van der Waals surface area contributed by atoms with E-state index < -0.39 is 11.8 Å². The Labute approximate surface area is 208 Å². The van der Waals surface area contributed by atoms with E-state index in [0.29, 0.717) is 45.1 Å². The second-order valence-corrected chi connectivity index (χ2v) is 10.1. The van der Waals surface area contributed by atoms with Gasteiger partial charge in [-0.05, 0) is 50.0 Å². The zero-order chi connectivity index (χ0) is 24.6. The Morgan fingerprint density at radius 3 is 2.29 bits per heavy atom. The van der Waals surface area contributed by atoms with Crippen LogP contribution >= 0.6 is 0 Å². The molecule has 0 spiro atoms. The summed E-state index contributed by atoms with van der Waals surface area (Å²) in [5.74, 6) is -1.20. The van der Waals surface area contributed by atoms with Crippen molar-refractivity contribution in [3.8, 4) is 0 Å². The number of carbonyl (C=O) groups excluding carboxylic acids is 4. The summed E-state index contributed by atoms with van der Waals surface area (Å²) in [6.07, 6.45) is 9.11. The van der Waals surface area contributed by atoms with Gasteiger partial charge in [-0.3, -0.25) is 19.2 Å². The molecule has 1 aromatic carbocycles. The van der Waals surface area contributed by atoms with Gasteiger partial charge in [0.2, 0.25) is 0 Å². The fraction of sp³-hybridized carbons (Fsp3) is 0.630. The molecule has 8 heteroatoms. The standard InChI is InChI=1S/C27H38N4O4/c32-24-25(33)31(16-14-21-9-3-1-4-10-21)23(19-28-24)13-7-8-15-29-17-18-30(27(35)26(29)34)20-22-11-5-2-6-12-22/h1,3-4,9-10,22-23H,2,5-8,11-20H2,(H,28,32)/t23-/m0/s1. The number of unbranched alkanes of at least 4 members (excludes halogenated alkanes) is 1. The molecule has 1 saturated carbocycles. The molecule has 35 heavy (non-hydrogen) atoms. The van der Waals surface area contributed by atoms with Crippen molar-refractivity contribution in [2.24, 2.45) is 5.92 Å². The number of carbonyl (C=O) groups is 4. The third-order valence-electron chi connectivity index (χ3n) is 7.69. The van der Waals surface area contributed by atoms with Crippen LogP contribution in [0.15, 0.2) is 30.3 Å². The van der Waals surface area contributed by atoms with Gasteiger partial charge in [0.05, 0.1) is 0 Å². The molecule has 1 atom stereocenters. The summed E-state index contributed by atoms with van der Waals surface area (Å²) in [6, 6.07) is 9.90. The van der Waals surface area contributed by atoms with Crippen LogP contribution in [0.4, 0.5) is 0 Å². The van der Waals surface area contributed by atoms with Crippen LogP contribution in [0.25, 0.3) is 0 Å². The summed E-state index contributed by atoms with van der Waals surface area (Å²) in [5, 5.41) is 2.71. The summed E-state index contributed by atoms with van der Waals surface area (Å²) in [7, 11) is 0. The van der Waals surface area contributed by atoms with E-state index in [1.54, 1.807) is 14.7 Å². The number of nitrogens with zero attached hydrogens (tertiary/aromatic N) is 3. The average molecular weight is 483 g/mol. The van der Waals surface area contributed by atoms with Gasteiger partial charge in [-0.15, -0.1) is 0 Å². The van der Waals surface area contributed by atoms with Crippen molar-refractivity contribution >= 4 is 23.6 Å². The van der Waals surface area contributed by atoms with Gasteiger partial charge in [0.25, 0.3) is 0 Å². The maximum Gasteiger partial charge on any atom is 0.312 e. The average Bonchev–Trinajstić information content (AvgIpc) is 2.88. The van der Waals surface area contributed by atoms with Crippen molar-refractivity contribution in [3.63, 3.8) is 0 Å². The number of piperazine rings is 2. The molecule has 4 amide bonds. The largest absolute Gasteiger partial charge is 0.346 e. The Morgan fingerprint density at radius 1 is 0.800 bits per heavy atom. The Bertz CT molecular complexity index is 900. The number of rotatable bonds is 10. The van der Waals surface area contributed by atoms with Crippen molar-refractivity contribution in [1.29, 1.82) is 0 Å². The van der Waals surface area contributed by atoms with Gasteiger partial charge in [-0.2, -0.15) is 0 Å². The van der Waals surface area contributed by atoms with E-state index in [1.165, 1.54) is 19.3 Å². The predicted octanol–water partition coefficient (Wildman–Crippen LogP) is 1.98. The van der Waals surface area contributed by atoms with Crippen LogP contribution in [0, 0.1) is 5.92 Å². The summed E-state index contributed by atoms with van der Waals surface area (Å²) in [6.45, 7) is 3.46. The number of amides is 4. The van der Waals surface area contributed by atoms with E-state index >= 15 is 0 Å². The van der Waals surface area contributed by atoms with Crippen LogP contribution in [0.2, 0.25) is 0 Å². The third-order valence-corrected chi connectivity index (χ3v) is 7.69. The minimum absolute atomic E-state index is 0.0476. The van der Waals surface area contributed by atoms with Gasteiger partial charge < -0.3 is 20.0 Å². The molecule has 3 fully saturated rings. The highest BCUT2D eigenvalue weighted by Crippen LogP contribution is 2.25. The van der Waals surface area contributed by atoms with Crippen molar-refractivity contribution in [1.82, 2.24) is 20.0 Å². The lowest BCUT2D eigenvalue weighted by molar-refractivity contribution is -0.156. The Hall–Kier alpha value is -2.90. The highest BCUT2D eigenvalue weighted by atomic mass is 16.2. The van der Waals surface area contributed by atoms with Crippen molar-refractivity contribution < 1.29 is 19.2 Å². The van der Waals surface area contributed by atoms with E-state index in [2.05, 4.69) is 5.32 Å². The SMILES string of the molecule is O=C1NC[C@H](CCCCN2CCN(CC3CCCCC3)C(=O)C2=O)N(CCc2ccccc2)C1=O. The second-order valence-electron chi connectivity index (χ2n) is 10.1. The number of nitrogens with one attached hydrogen (secondary N) is 1. The van der Waals surface area contributed by atoms with Crippen LogP contribution < -0.4 is 5.32 Å². The lowest BCUT2D eigenvalue weighted by atomic mass is 9.89. The van der Waals surface area contributed by atoms with E-state index in [0.717, 1.165) is 44.2 Å². The Balaban J connectivity index is 1.21. The molecular formula is C27H38N4O4. The molecule has 1 aromatic rings. The lowest BCUT2D eigenvalue weighted by Crippen LogP contribution is -2.58. The first-order valence-corrected chi connectivity index (χ1v) is 13.2. The van der Waals surface area contributed by atoms with Gasteiger partial charge in [-0.1, -0.05) is 49.6 Å². The summed E-state index contributed by atoms with van der Waals surface area (Å²) >= 11 is 0. The predicted molar refractivity (Wildman–Crippen MR) is 132 cm³/mol. The van der Waals surface area contributed by atoms with E-state index in [1.807, 2.05) is 30.3 Å². The van der Waals surface area contributed by atoms with Gasteiger partial charge in [-0.25, -0.2) is 0 Å². The molecule has 0 radical (unpaired) electrons. The fourth-order valence-corrected chi connectivity index (χ4v) is 5.60. The van der Waals surface area contributed by atoms with E-state index in [9.17, 15) is 19.2 Å². The fourth-order valence-electron chi connectivity index (χ4n) is 5.60. The van der Waals surface area contributed by atoms with Gasteiger partial charge in [0, 0.05) is 45.3 Å². The van der Waals surface area contributed by atoms with Crippen LogP contribution in [0.3, 0.4) is 0 Å². The monoisotopic (exact) mass is 482 g/mol. The second kappa shape index (κ2) is 12.2. The van der Waals surface area contributed by atoms with Gasteiger partial charge >= 0.3 is 23.6 Å². The zero-order valence-corrected chi connectivity index (χ0v) is 20.6. The number of hydrogen-bond donors (Lipinski definition) is 1. The maximum atomic E-state index is 12.7. The molecule has 2 saturated heterocycles. The first-order valence-electron chi connectivity index (χ1n) is 13.2. The van der Waals surface area contributed by atoms with Crippen LogP contribution in [-0.2, 0) is 25.6 Å². The highest BCUT2D eigenvalue weighted by Gasteiger charge is 2.35. The minimum Gasteiger partial charge on any atom is -0.346 e.